The third-order valence-corrected chi connectivity index (χ3v) is 1.73. The summed E-state index contributed by atoms with van der Waals surface area (Å²) in [6.07, 6.45) is 0. The fourth-order valence-corrected chi connectivity index (χ4v) is 1.13. The number of ether oxygens (including phenoxy) is 1. The standard InChI is InChI=1S/C5H6N4O3S/c1-2-12-5(10)3-4(7-8-11)13-9-6-3/h2H2,1H3,(H,7,11). The van der Waals surface area contributed by atoms with Crippen molar-refractivity contribution in [3.8, 4) is 0 Å². The molecule has 13 heavy (non-hydrogen) atoms. The number of carbonyl (C=O) groups excluding carboxylic acids is 1. The van der Waals surface area contributed by atoms with E-state index in [1.165, 1.54) is 0 Å². The van der Waals surface area contributed by atoms with E-state index in [2.05, 4.69) is 25.0 Å². The Morgan fingerprint density at radius 3 is 3.15 bits per heavy atom. The van der Waals surface area contributed by atoms with Gasteiger partial charge in [-0.3, -0.25) is 0 Å². The Morgan fingerprint density at radius 1 is 1.77 bits per heavy atom. The van der Waals surface area contributed by atoms with E-state index in [9.17, 15) is 9.70 Å². The highest BCUT2D eigenvalue weighted by atomic mass is 32.1. The van der Waals surface area contributed by atoms with Crippen LogP contribution in [0.5, 0.6) is 0 Å². The van der Waals surface area contributed by atoms with E-state index < -0.39 is 5.97 Å². The summed E-state index contributed by atoms with van der Waals surface area (Å²) in [5.74, 6) is -0.623. The second-order valence-corrected chi connectivity index (χ2v) is 2.63. The average molecular weight is 202 g/mol. The van der Waals surface area contributed by atoms with Crippen LogP contribution in [0.1, 0.15) is 17.4 Å². The molecule has 0 radical (unpaired) electrons. The van der Waals surface area contributed by atoms with Crippen molar-refractivity contribution in [1.29, 1.82) is 0 Å². The summed E-state index contributed by atoms with van der Waals surface area (Å²) in [6.45, 7) is 1.91. The monoisotopic (exact) mass is 202 g/mol. The van der Waals surface area contributed by atoms with Crippen LogP contribution in [0.4, 0.5) is 5.00 Å². The molecule has 0 atom stereocenters. The van der Waals surface area contributed by atoms with Crippen LogP contribution in [0.15, 0.2) is 5.29 Å². The minimum atomic E-state index is -0.623. The first-order valence-electron chi connectivity index (χ1n) is 3.37. The van der Waals surface area contributed by atoms with Gasteiger partial charge in [0.15, 0.2) is 5.00 Å². The Hall–Kier alpha value is -1.57. The predicted octanol–water partition coefficient (Wildman–Crippen LogP) is 0.808. The van der Waals surface area contributed by atoms with Crippen LogP contribution in [0.3, 0.4) is 0 Å². The van der Waals surface area contributed by atoms with Crippen LogP contribution in [0.25, 0.3) is 0 Å². The predicted molar refractivity (Wildman–Crippen MR) is 45.3 cm³/mol. The smallest absolute Gasteiger partial charge is 0.362 e. The van der Waals surface area contributed by atoms with E-state index >= 15 is 0 Å². The molecule has 7 nitrogen and oxygen atoms in total. The number of rotatable bonds is 4. The van der Waals surface area contributed by atoms with Gasteiger partial charge in [-0.05, 0) is 6.92 Å². The molecule has 1 rings (SSSR count). The molecule has 0 aliphatic carbocycles. The van der Waals surface area contributed by atoms with Crippen molar-refractivity contribution >= 4 is 22.5 Å². The maximum Gasteiger partial charge on any atom is 0.362 e. The van der Waals surface area contributed by atoms with Gasteiger partial charge < -0.3 is 4.74 Å². The summed E-state index contributed by atoms with van der Waals surface area (Å²) in [7, 11) is 0. The van der Waals surface area contributed by atoms with Gasteiger partial charge >= 0.3 is 5.97 Å². The fourth-order valence-electron chi connectivity index (χ4n) is 0.639. The third-order valence-electron chi connectivity index (χ3n) is 1.10. The van der Waals surface area contributed by atoms with E-state index in [1.807, 2.05) is 0 Å². The number of nitroso groups, excluding NO2 is 1. The molecule has 8 heteroatoms. The maximum atomic E-state index is 11.1. The van der Waals surface area contributed by atoms with Crippen molar-refractivity contribution in [3.05, 3.63) is 10.6 Å². The molecule has 0 spiro atoms. The average Bonchev–Trinajstić information content (AvgIpc) is 2.54. The molecule has 0 bridgehead atoms. The van der Waals surface area contributed by atoms with Gasteiger partial charge in [-0.1, -0.05) is 4.49 Å². The van der Waals surface area contributed by atoms with Crippen molar-refractivity contribution < 1.29 is 9.53 Å². The number of hydrogen-bond acceptors (Lipinski definition) is 7. The lowest BCUT2D eigenvalue weighted by molar-refractivity contribution is 0.0520. The molecule has 0 aliphatic rings. The fraction of sp³-hybridized carbons (Fsp3) is 0.400. The van der Waals surface area contributed by atoms with Gasteiger partial charge in [-0.25, -0.2) is 10.2 Å². The van der Waals surface area contributed by atoms with Gasteiger partial charge in [-0.15, -0.1) is 10.0 Å². The van der Waals surface area contributed by atoms with Gasteiger partial charge in [0.2, 0.25) is 5.69 Å². The molecule has 0 aromatic carbocycles. The molecule has 1 aromatic heterocycles. The summed E-state index contributed by atoms with van der Waals surface area (Å²) in [6, 6.07) is 0. The minimum absolute atomic E-state index is 0.0218. The number of nitrogens with one attached hydrogen (secondary N) is 1. The van der Waals surface area contributed by atoms with Crippen LogP contribution < -0.4 is 5.43 Å². The zero-order valence-electron chi connectivity index (χ0n) is 6.68. The number of aromatic nitrogens is 2. The molecule has 0 unspecified atom stereocenters. The summed E-state index contributed by atoms with van der Waals surface area (Å²) in [4.78, 5) is 20.9. The molecular weight excluding hydrogens is 196 g/mol. The summed E-state index contributed by atoms with van der Waals surface area (Å²) >= 11 is 0.862. The summed E-state index contributed by atoms with van der Waals surface area (Å²) < 4.78 is 8.13. The lowest BCUT2D eigenvalue weighted by atomic mass is 10.5. The third kappa shape index (κ3) is 2.18. The number of anilines is 1. The quantitative estimate of drug-likeness (QED) is 0.441. The van der Waals surface area contributed by atoms with Gasteiger partial charge in [-0.2, -0.15) is 0 Å². The van der Waals surface area contributed by atoms with Crippen molar-refractivity contribution in [2.24, 2.45) is 5.29 Å². The van der Waals surface area contributed by atoms with E-state index in [1.54, 1.807) is 6.92 Å². The lowest BCUT2D eigenvalue weighted by Crippen LogP contribution is -2.07. The highest BCUT2D eigenvalue weighted by Gasteiger charge is 2.17. The first kappa shape index (κ1) is 9.52. The highest BCUT2D eigenvalue weighted by Crippen LogP contribution is 2.17. The van der Waals surface area contributed by atoms with Crippen LogP contribution in [-0.4, -0.2) is 22.2 Å². The normalized spacial score (nSPS) is 9.31. The molecule has 0 fully saturated rings. The van der Waals surface area contributed by atoms with Gasteiger partial charge in [0.05, 0.1) is 11.9 Å². The van der Waals surface area contributed by atoms with Crippen LogP contribution in [-0.2, 0) is 4.74 Å². The highest BCUT2D eigenvalue weighted by molar-refractivity contribution is 7.10. The largest absolute Gasteiger partial charge is 0.461 e. The number of carbonyl (C=O) groups is 1. The zero-order chi connectivity index (χ0) is 9.68. The molecule has 0 aliphatic heterocycles. The molecule has 0 saturated heterocycles. The van der Waals surface area contributed by atoms with Crippen molar-refractivity contribution in [3.63, 3.8) is 0 Å². The van der Waals surface area contributed by atoms with Crippen LogP contribution in [0, 0.1) is 4.91 Å². The first-order valence-corrected chi connectivity index (χ1v) is 4.14. The van der Waals surface area contributed by atoms with Crippen LogP contribution in [0.2, 0.25) is 0 Å². The van der Waals surface area contributed by atoms with E-state index in [-0.39, 0.29) is 17.3 Å². The molecule has 70 valence electrons. The Balaban J connectivity index is 2.80. The maximum absolute atomic E-state index is 11.1. The number of nitrogens with zero attached hydrogens (tertiary/aromatic N) is 3. The SMILES string of the molecule is CCOC(=O)c1nnsc1NN=O. The molecule has 0 saturated carbocycles. The topological polar surface area (TPSA) is 93.5 Å². The van der Waals surface area contributed by atoms with Crippen molar-refractivity contribution in [2.75, 3.05) is 12.0 Å². The Morgan fingerprint density at radius 2 is 2.54 bits per heavy atom. The molecule has 1 heterocycles. The summed E-state index contributed by atoms with van der Waals surface area (Å²) in [5.41, 5.74) is 2.04. The zero-order valence-corrected chi connectivity index (χ0v) is 7.50. The second-order valence-electron chi connectivity index (χ2n) is 1.87. The number of esters is 1. The first-order chi connectivity index (χ1) is 6.29. The van der Waals surface area contributed by atoms with E-state index in [0.29, 0.717) is 0 Å². The van der Waals surface area contributed by atoms with E-state index in [0.717, 1.165) is 11.5 Å². The number of hydrogen-bond donors (Lipinski definition) is 1. The van der Waals surface area contributed by atoms with Crippen molar-refractivity contribution in [2.45, 2.75) is 6.92 Å². The Kier molecular flexibility index (Phi) is 3.26. The van der Waals surface area contributed by atoms with Gasteiger partial charge in [0, 0.05) is 11.5 Å². The van der Waals surface area contributed by atoms with E-state index in [4.69, 9.17) is 0 Å². The summed E-state index contributed by atoms with van der Waals surface area (Å²) in [5, 5.41) is 6.08. The van der Waals surface area contributed by atoms with Crippen LogP contribution >= 0.6 is 11.5 Å². The Labute approximate surface area is 77.2 Å². The Bertz CT molecular complexity index is 312. The minimum Gasteiger partial charge on any atom is -0.461 e. The molecule has 1 aromatic rings. The molecular formula is C5H6N4O3S. The molecule has 1 N–H and O–H groups in total. The van der Waals surface area contributed by atoms with Gasteiger partial charge in [0.1, 0.15) is 0 Å². The second kappa shape index (κ2) is 4.45. The van der Waals surface area contributed by atoms with Gasteiger partial charge in [0.25, 0.3) is 0 Å². The molecule has 0 amide bonds. The lowest BCUT2D eigenvalue weighted by Gasteiger charge is -1.97. The van der Waals surface area contributed by atoms with Crippen molar-refractivity contribution in [1.82, 2.24) is 9.59 Å².